The fraction of sp³-hybridized carbons (Fsp3) is 0.333. The molecule has 0 aliphatic carbocycles. The Morgan fingerprint density at radius 3 is 2.44 bits per heavy atom. The van der Waals surface area contributed by atoms with E-state index >= 15 is 0 Å². The van der Waals surface area contributed by atoms with E-state index in [2.05, 4.69) is 21.8 Å². The summed E-state index contributed by atoms with van der Waals surface area (Å²) in [6, 6.07) is 16.4. The van der Waals surface area contributed by atoms with Gasteiger partial charge >= 0.3 is 6.36 Å². The number of alkyl halides is 3. The number of nitrogens with zero attached hydrogens (tertiary/aromatic N) is 1. The molecule has 1 saturated heterocycles. The van der Waals surface area contributed by atoms with Crippen molar-refractivity contribution in [3.8, 4) is 5.75 Å². The van der Waals surface area contributed by atoms with Gasteiger partial charge < -0.3 is 14.1 Å². The number of furan rings is 1. The predicted octanol–water partition coefficient (Wildman–Crippen LogP) is 5.79. The molecule has 27 heavy (non-hydrogen) atoms. The van der Waals surface area contributed by atoms with E-state index in [1.165, 1.54) is 23.9 Å². The normalized spacial score (nSPS) is 16.0. The van der Waals surface area contributed by atoms with E-state index < -0.39 is 6.36 Å². The highest BCUT2D eigenvalue weighted by molar-refractivity contribution is 5.79. The van der Waals surface area contributed by atoms with Gasteiger partial charge in [-0.1, -0.05) is 18.2 Å². The van der Waals surface area contributed by atoms with Crippen molar-refractivity contribution in [2.45, 2.75) is 25.6 Å². The molecule has 2 heterocycles. The van der Waals surface area contributed by atoms with Crippen molar-refractivity contribution in [3.63, 3.8) is 0 Å². The zero-order valence-electron chi connectivity index (χ0n) is 14.7. The summed E-state index contributed by atoms with van der Waals surface area (Å²) < 4.78 is 46.9. The Morgan fingerprint density at radius 1 is 1.00 bits per heavy atom. The minimum atomic E-state index is -4.69. The molecule has 0 amide bonds. The monoisotopic (exact) mass is 375 g/mol. The number of piperidine rings is 1. The number of hydrogen-bond donors (Lipinski definition) is 0. The van der Waals surface area contributed by atoms with Gasteiger partial charge in [-0.15, -0.1) is 13.2 Å². The van der Waals surface area contributed by atoms with Crippen LogP contribution in [0.2, 0.25) is 0 Å². The number of benzene rings is 2. The summed E-state index contributed by atoms with van der Waals surface area (Å²) in [4.78, 5) is 2.38. The first-order valence-corrected chi connectivity index (χ1v) is 9.04. The van der Waals surface area contributed by atoms with Gasteiger partial charge in [-0.25, -0.2) is 0 Å². The van der Waals surface area contributed by atoms with Crippen LogP contribution in [0.1, 0.15) is 18.6 Å². The molecule has 1 fully saturated rings. The second kappa shape index (κ2) is 7.18. The molecule has 1 aromatic heterocycles. The Balaban J connectivity index is 1.39. The summed E-state index contributed by atoms with van der Waals surface area (Å²) in [6.07, 6.45) is -1.76. The van der Waals surface area contributed by atoms with Crippen LogP contribution >= 0.6 is 0 Å². The molecule has 0 N–H and O–H groups in total. The van der Waals surface area contributed by atoms with Crippen molar-refractivity contribution in [1.82, 2.24) is 0 Å². The fourth-order valence-corrected chi connectivity index (χ4v) is 3.69. The summed E-state index contributed by atoms with van der Waals surface area (Å²) >= 11 is 0. The van der Waals surface area contributed by atoms with Crippen LogP contribution in [-0.4, -0.2) is 19.5 Å². The standard InChI is InChI=1S/C21H20F3NO2/c22-21(23,24)27-18-6-7-20-16(13-18)14-19(26-20)12-15-8-10-25(11-9-15)17-4-2-1-3-5-17/h1-7,13-15H,8-12H2. The molecule has 4 rings (SSSR count). The van der Waals surface area contributed by atoms with Crippen LogP contribution in [0.25, 0.3) is 11.0 Å². The van der Waals surface area contributed by atoms with Gasteiger partial charge in [-0.3, -0.25) is 0 Å². The largest absolute Gasteiger partial charge is 0.573 e. The molecule has 0 saturated carbocycles. The predicted molar refractivity (Wildman–Crippen MR) is 98.0 cm³/mol. The summed E-state index contributed by atoms with van der Waals surface area (Å²) in [5, 5.41) is 0.633. The maximum atomic E-state index is 12.4. The lowest BCUT2D eigenvalue weighted by Gasteiger charge is -2.33. The minimum absolute atomic E-state index is 0.224. The SMILES string of the molecule is FC(F)(F)Oc1ccc2oc(CC3CCN(c4ccccc4)CC3)cc2c1. The van der Waals surface area contributed by atoms with Crippen LogP contribution in [-0.2, 0) is 6.42 Å². The second-order valence-corrected chi connectivity index (χ2v) is 6.93. The van der Waals surface area contributed by atoms with Gasteiger partial charge in [0.25, 0.3) is 0 Å². The molecule has 6 heteroatoms. The minimum Gasteiger partial charge on any atom is -0.461 e. The van der Waals surface area contributed by atoms with E-state index in [0.717, 1.165) is 38.1 Å². The number of halogens is 3. The van der Waals surface area contributed by atoms with Crippen molar-refractivity contribution in [2.75, 3.05) is 18.0 Å². The van der Waals surface area contributed by atoms with Gasteiger partial charge in [0.15, 0.2) is 0 Å². The number of anilines is 1. The lowest BCUT2D eigenvalue weighted by atomic mass is 9.92. The Labute approximate surface area is 155 Å². The summed E-state index contributed by atoms with van der Waals surface area (Å²) in [5.41, 5.74) is 1.83. The molecular formula is C21H20F3NO2. The molecule has 2 aromatic carbocycles. The van der Waals surface area contributed by atoms with Crippen molar-refractivity contribution < 1.29 is 22.3 Å². The first-order chi connectivity index (χ1) is 13.0. The van der Waals surface area contributed by atoms with Crippen LogP contribution < -0.4 is 9.64 Å². The highest BCUT2D eigenvalue weighted by atomic mass is 19.4. The maximum Gasteiger partial charge on any atom is 0.573 e. The third kappa shape index (κ3) is 4.38. The van der Waals surface area contributed by atoms with Gasteiger partial charge in [-0.05, 0) is 55.2 Å². The van der Waals surface area contributed by atoms with Crippen molar-refractivity contribution in [2.24, 2.45) is 5.92 Å². The molecule has 1 aliphatic rings. The van der Waals surface area contributed by atoms with E-state index in [0.29, 0.717) is 16.9 Å². The maximum absolute atomic E-state index is 12.4. The van der Waals surface area contributed by atoms with Crippen molar-refractivity contribution in [3.05, 3.63) is 60.4 Å². The van der Waals surface area contributed by atoms with Crippen LogP contribution in [0.5, 0.6) is 5.75 Å². The van der Waals surface area contributed by atoms with Gasteiger partial charge in [0.2, 0.25) is 0 Å². The third-order valence-electron chi connectivity index (χ3n) is 5.00. The van der Waals surface area contributed by atoms with Crippen molar-refractivity contribution in [1.29, 1.82) is 0 Å². The van der Waals surface area contributed by atoms with Crippen LogP contribution in [0, 0.1) is 5.92 Å². The molecule has 142 valence electrons. The Hall–Kier alpha value is -2.63. The molecule has 0 radical (unpaired) electrons. The first kappa shape index (κ1) is 17.8. The smallest absolute Gasteiger partial charge is 0.461 e. The van der Waals surface area contributed by atoms with E-state index in [9.17, 15) is 13.2 Å². The highest BCUT2D eigenvalue weighted by Crippen LogP contribution is 2.31. The first-order valence-electron chi connectivity index (χ1n) is 9.04. The molecule has 0 atom stereocenters. The lowest BCUT2D eigenvalue weighted by Crippen LogP contribution is -2.34. The Kier molecular flexibility index (Phi) is 4.72. The molecular weight excluding hydrogens is 355 g/mol. The molecule has 3 aromatic rings. The number of para-hydroxylation sites is 1. The van der Waals surface area contributed by atoms with Gasteiger partial charge in [0.05, 0.1) is 0 Å². The molecule has 0 spiro atoms. The topological polar surface area (TPSA) is 25.6 Å². The van der Waals surface area contributed by atoms with Crippen LogP contribution in [0.15, 0.2) is 59.0 Å². The van der Waals surface area contributed by atoms with E-state index in [4.69, 9.17) is 4.42 Å². The highest BCUT2D eigenvalue weighted by Gasteiger charge is 2.31. The number of fused-ring (bicyclic) bond motifs is 1. The number of hydrogen-bond acceptors (Lipinski definition) is 3. The molecule has 1 aliphatic heterocycles. The average Bonchev–Trinajstić information content (AvgIpc) is 3.03. The number of ether oxygens (including phenoxy) is 1. The summed E-state index contributed by atoms with van der Waals surface area (Å²) in [5.74, 6) is 1.10. The van der Waals surface area contributed by atoms with Gasteiger partial charge in [0, 0.05) is 30.6 Å². The van der Waals surface area contributed by atoms with E-state index in [1.54, 1.807) is 0 Å². The van der Waals surface area contributed by atoms with Crippen LogP contribution in [0.4, 0.5) is 18.9 Å². The third-order valence-corrected chi connectivity index (χ3v) is 5.00. The lowest BCUT2D eigenvalue weighted by molar-refractivity contribution is -0.274. The fourth-order valence-electron chi connectivity index (χ4n) is 3.69. The molecule has 0 bridgehead atoms. The zero-order chi connectivity index (χ0) is 18.9. The van der Waals surface area contributed by atoms with E-state index in [1.807, 2.05) is 24.3 Å². The molecule has 0 unspecified atom stereocenters. The molecule has 3 nitrogen and oxygen atoms in total. The Bertz CT molecular complexity index is 897. The second-order valence-electron chi connectivity index (χ2n) is 6.93. The Morgan fingerprint density at radius 2 is 1.74 bits per heavy atom. The van der Waals surface area contributed by atoms with Gasteiger partial charge in [-0.2, -0.15) is 0 Å². The van der Waals surface area contributed by atoms with Crippen molar-refractivity contribution >= 4 is 16.7 Å². The summed E-state index contributed by atoms with van der Waals surface area (Å²) in [6.45, 7) is 2.00. The average molecular weight is 375 g/mol. The quantitative estimate of drug-likeness (QED) is 0.577. The van der Waals surface area contributed by atoms with E-state index in [-0.39, 0.29) is 5.75 Å². The van der Waals surface area contributed by atoms with Gasteiger partial charge in [0.1, 0.15) is 17.1 Å². The van der Waals surface area contributed by atoms with Crippen LogP contribution in [0.3, 0.4) is 0 Å². The number of rotatable bonds is 4. The zero-order valence-corrected chi connectivity index (χ0v) is 14.7. The summed E-state index contributed by atoms with van der Waals surface area (Å²) in [7, 11) is 0.